The fraction of sp³-hybridized carbons (Fsp3) is 0.414. The smallest absolute Gasteiger partial charge is 0.335 e. The number of carboxylic acids is 1. The van der Waals surface area contributed by atoms with Gasteiger partial charge in [-0.1, -0.05) is 64.1 Å². The Kier molecular flexibility index (Phi) is 7.80. The summed E-state index contributed by atoms with van der Waals surface area (Å²) >= 11 is 0. The molecule has 3 rings (SSSR count). The molecule has 0 aliphatic heterocycles. The highest BCUT2D eigenvalue weighted by atomic mass is 16.5. The average Bonchev–Trinajstić information content (AvgIpc) is 2.77. The molecule has 0 aliphatic carbocycles. The molecule has 0 amide bonds. The zero-order valence-corrected chi connectivity index (χ0v) is 20.4. The topological polar surface area (TPSA) is 66.8 Å². The first kappa shape index (κ1) is 24.8. The van der Waals surface area contributed by atoms with E-state index in [2.05, 4.69) is 38.1 Å². The van der Waals surface area contributed by atoms with Crippen molar-refractivity contribution in [2.45, 2.75) is 65.9 Å². The van der Waals surface area contributed by atoms with Crippen LogP contribution in [0, 0.1) is 12.3 Å². The van der Waals surface area contributed by atoms with Crippen molar-refractivity contribution in [3.63, 3.8) is 0 Å². The number of aliphatic hydroxyl groups is 1. The van der Waals surface area contributed by atoms with E-state index in [4.69, 9.17) is 4.74 Å². The first-order valence-corrected chi connectivity index (χ1v) is 11.8. The first-order chi connectivity index (χ1) is 15.6. The van der Waals surface area contributed by atoms with E-state index >= 15 is 0 Å². The Morgan fingerprint density at radius 3 is 2.33 bits per heavy atom. The monoisotopic (exact) mass is 448 g/mol. The van der Waals surface area contributed by atoms with Crippen LogP contribution in [-0.2, 0) is 6.42 Å². The lowest BCUT2D eigenvalue weighted by molar-refractivity contribution is 0.0216. The van der Waals surface area contributed by atoms with Crippen LogP contribution in [0.5, 0.6) is 5.75 Å². The fourth-order valence-electron chi connectivity index (χ4n) is 4.04. The number of fused-ring (bicyclic) bond motifs is 1. The maximum absolute atomic E-state index is 11.2. The SMILES string of the molecule is CCC(CCc1ccc2cc(C(=O)O)ccc2c1)c1ccc(OCC(O)C(C)(C)C)c(C)c1. The summed E-state index contributed by atoms with van der Waals surface area (Å²) in [7, 11) is 0. The van der Waals surface area contributed by atoms with Crippen molar-refractivity contribution in [2.75, 3.05) is 6.61 Å². The summed E-state index contributed by atoms with van der Waals surface area (Å²) in [5, 5.41) is 21.5. The van der Waals surface area contributed by atoms with E-state index < -0.39 is 12.1 Å². The van der Waals surface area contributed by atoms with Crippen LogP contribution in [0.15, 0.2) is 54.6 Å². The average molecular weight is 449 g/mol. The van der Waals surface area contributed by atoms with E-state index in [9.17, 15) is 15.0 Å². The van der Waals surface area contributed by atoms with Crippen LogP contribution in [0.25, 0.3) is 10.8 Å². The molecule has 0 saturated heterocycles. The largest absolute Gasteiger partial charge is 0.491 e. The number of hydrogen-bond acceptors (Lipinski definition) is 3. The maximum Gasteiger partial charge on any atom is 0.335 e. The molecule has 0 bridgehead atoms. The molecule has 0 aliphatic rings. The van der Waals surface area contributed by atoms with Gasteiger partial charge in [0.05, 0.1) is 11.7 Å². The molecule has 2 atom stereocenters. The Morgan fingerprint density at radius 1 is 1.00 bits per heavy atom. The minimum Gasteiger partial charge on any atom is -0.491 e. The highest BCUT2D eigenvalue weighted by molar-refractivity contribution is 5.94. The second-order valence-electron chi connectivity index (χ2n) is 10.1. The van der Waals surface area contributed by atoms with Gasteiger partial charge in [0, 0.05) is 0 Å². The van der Waals surface area contributed by atoms with E-state index in [-0.39, 0.29) is 12.0 Å². The molecule has 0 fully saturated rings. The number of carboxylic acid groups (broad SMARTS) is 1. The highest BCUT2D eigenvalue weighted by Crippen LogP contribution is 2.30. The van der Waals surface area contributed by atoms with Crippen molar-refractivity contribution < 1.29 is 19.7 Å². The quantitative estimate of drug-likeness (QED) is 0.379. The molecule has 0 radical (unpaired) electrons. The van der Waals surface area contributed by atoms with Crippen molar-refractivity contribution >= 4 is 16.7 Å². The van der Waals surface area contributed by atoms with Crippen LogP contribution in [-0.4, -0.2) is 28.9 Å². The number of aliphatic hydroxyl groups excluding tert-OH is 1. The van der Waals surface area contributed by atoms with Crippen LogP contribution >= 0.6 is 0 Å². The van der Waals surface area contributed by atoms with Gasteiger partial charge < -0.3 is 14.9 Å². The summed E-state index contributed by atoms with van der Waals surface area (Å²) in [4.78, 5) is 11.2. The molecular formula is C29H36O4. The Morgan fingerprint density at radius 2 is 1.70 bits per heavy atom. The van der Waals surface area contributed by atoms with E-state index in [0.717, 1.165) is 41.3 Å². The lowest BCUT2D eigenvalue weighted by Gasteiger charge is -2.26. The van der Waals surface area contributed by atoms with Gasteiger partial charge in [-0.3, -0.25) is 0 Å². The summed E-state index contributed by atoms with van der Waals surface area (Å²) < 4.78 is 5.90. The summed E-state index contributed by atoms with van der Waals surface area (Å²) in [5.41, 5.74) is 3.77. The van der Waals surface area contributed by atoms with Gasteiger partial charge in [-0.15, -0.1) is 0 Å². The van der Waals surface area contributed by atoms with Gasteiger partial charge in [-0.25, -0.2) is 4.79 Å². The lowest BCUT2D eigenvalue weighted by atomic mass is 9.89. The van der Waals surface area contributed by atoms with Crippen LogP contribution < -0.4 is 4.74 Å². The molecule has 0 aromatic heterocycles. The van der Waals surface area contributed by atoms with Gasteiger partial charge in [0.1, 0.15) is 12.4 Å². The van der Waals surface area contributed by atoms with Gasteiger partial charge >= 0.3 is 5.97 Å². The molecule has 2 unspecified atom stereocenters. The van der Waals surface area contributed by atoms with E-state index in [0.29, 0.717) is 11.5 Å². The van der Waals surface area contributed by atoms with Crippen LogP contribution in [0.4, 0.5) is 0 Å². The third-order valence-corrected chi connectivity index (χ3v) is 6.49. The molecule has 2 N–H and O–H groups in total. The molecule has 0 heterocycles. The number of aromatic carboxylic acids is 1. The summed E-state index contributed by atoms with van der Waals surface area (Å²) in [6.07, 6.45) is 2.54. The molecule has 3 aromatic rings. The fourth-order valence-corrected chi connectivity index (χ4v) is 4.04. The molecule has 0 saturated carbocycles. The van der Waals surface area contributed by atoms with E-state index in [1.807, 2.05) is 39.0 Å². The Balaban J connectivity index is 1.66. The predicted molar refractivity (Wildman–Crippen MR) is 134 cm³/mol. The Hall–Kier alpha value is -2.85. The van der Waals surface area contributed by atoms with Crippen LogP contribution in [0.1, 0.15) is 73.5 Å². The van der Waals surface area contributed by atoms with Crippen molar-refractivity contribution in [1.82, 2.24) is 0 Å². The number of aryl methyl sites for hydroxylation is 2. The molecule has 33 heavy (non-hydrogen) atoms. The van der Waals surface area contributed by atoms with Gasteiger partial charge in [-0.2, -0.15) is 0 Å². The summed E-state index contributed by atoms with van der Waals surface area (Å²) in [6.45, 7) is 10.6. The predicted octanol–water partition coefficient (Wildman–Crippen LogP) is 6.76. The molecule has 4 heteroatoms. The zero-order chi connectivity index (χ0) is 24.2. The summed E-state index contributed by atoms with van der Waals surface area (Å²) in [5.74, 6) is 0.374. The standard InChI is InChI=1S/C29H36O4/c1-6-21(22-13-14-26(19(2)15-22)33-18-27(30)29(3,4)5)9-7-20-8-10-24-17-25(28(31)32)12-11-23(24)16-20/h8,10-17,21,27,30H,6-7,9,18H2,1-5H3,(H,31,32). The first-order valence-electron chi connectivity index (χ1n) is 11.8. The van der Waals surface area contributed by atoms with Crippen LogP contribution in [0.3, 0.4) is 0 Å². The second-order valence-corrected chi connectivity index (χ2v) is 10.1. The van der Waals surface area contributed by atoms with Crippen molar-refractivity contribution in [2.24, 2.45) is 5.41 Å². The van der Waals surface area contributed by atoms with Gasteiger partial charge in [-0.05, 0) is 83.2 Å². The van der Waals surface area contributed by atoms with Crippen molar-refractivity contribution in [3.8, 4) is 5.75 Å². The molecule has 4 nitrogen and oxygen atoms in total. The van der Waals surface area contributed by atoms with Crippen LogP contribution in [0.2, 0.25) is 0 Å². The van der Waals surface area contributed by atoms with E-state index in [1.54, 1.807) is 12.1 Å². The highest BCUT2D eigenvalue weighted by Gasteiger charge is 2.23. The molecule has 176 valence electrons. The van der Waals surface area contributed by atoms with Crippen molar-refractivity contribution in [1.29, 1.82) is 0 Å². The Labute approximate surface area is 197 Å². The summed E-state index contributed by atoms with van der Waals surface area (Å²) in [6, 6.07) is 17.9. The lowest BCUT2D eigenvalue weighted by Crippen LogP contribution is -2.32. The normalized spacial score (nSPS) is 13.6. The molecule has 0 spiro atoms. The number of hydrogen-bond donors (Lipinski definition) is 2. The van der Waals surface area contributed by atoms with E-state index in [1.165, 1.54) is 11.1 Å². The third kappa shape index (κ3) is 6.35. The van der Waals surface area contributed by atoms with Crippen molar-refractivity contribution in [3.05, 3.63) is 76.9 Å². The van der Waals surface area contributed by atoms with Gasteiger partial charge in [0.15, 0.2) is 0 Å². The minimum atomic E-state index is -0.899. The second kappa shape index (κ2) is 10.4. The molecular weight excluding hydrogens is 412 g/mol. The Bertz CT molecular complexity index is 1110. The number of carbonyl (C=O) groups is 1. The number of benzene rings is 3. The molecule has 3 aromatic carbocycles. The maximum atomic E-state index is 11.2. The minimum absolute atomic E-state index is 0.206. The zero-order valence-electron chi connectivity index (χ0n) is 20.4. The number of rotatable bonds is 9. The van der Waals surface area contributed by atoms with Gasteiger partial charge in [0.2, 0.25) is 0 Å². The number of ether oxygens (including phenoxy) is 1. The third-order valence-electron chi connectivity index (χ3n) is 6.49. The van der Waals surface area contributed by atoms with Gasteiger partial charge in [0.25, 0.3) is 0 Å².